The van der Waals surface area contributed by atoms with E-state index in [9.17, 15) is 10.1 Å². The van der Waals surface area contributed by atoms with Crippen molar-refractivity contribution in [3.05, 3.63) is 10.1 Å². The minimum atomic E-state index is -0.690. The molecule has 0 aromatic rings. The van der Waals surface area contributed by atoms with Crippen LogP contribution in [0.15, 0.2) is 0 Å². The van der Waals surface area contributed by atoms with Crippen LogP contribution in [0.5, 0.6) is 0 Å². The molecule has 0 spiro atoms. The van der Waals surface area contributed by atoms with E-state index in [4.69, 9.17) is 0 Å². The van der Waals surface area contributed by atoms with E-state index in [1.54, 1.807) is 0 Å². The van der Waals surface area contributed by atoms with Gasteiger partial charge in [-0.1, -0.05) is 0 Å². The molecule has 5 heteroatoms. The summed E-state index contributed by atoms with van der Waals surface area (Å²) in [6.45, 7) is 0. The summed E-state index contributed by atoms with van der Waals surface area (Å²) >= 11 is 0. The summed E-state index contributed by atoms with van der Waals surface area (Å²) in [6, 6.07) is 0.511. The smallest absolute Gasteiger partial charge is 0.294 e. The molecule has 0 bridgehead atoms. The van der Waals surface area contributed by atoms with Crippen LogP contribution in [0.25, 0.3) is 0 Å². The Morgan fingerprint density at radius 3 is 2.42 bits per heavy atom. The fraction of sp³-hybridized carbons (Fsp3) is 1.00. The van der Waals surface area contributed by atoms with Crippen LogP contribution in [0.2, 0.25) is 0 Å². The average Bonchev–Trinajstić information content (AvgIpc) is 2.05. The molecule has 0 heterocycles. The first-order valence-electron chi connectivity index (χ1n) is 4.21. The molecule has 0 saturated heterocycles. The van der Waals surface area contributed by atoms with E-state index in [1.807, 2.05) is 7.05 Å². The van der Waals surface area contributed by atoms with Gasteiger partial charge in [0.2, 0.25) is 0 Å². The third-order valence-corrected chi connectivity index (χ3v) is 2.32. The zero-order valence-electron chi connectivity index (χ0n) is 7.16. The van der Waals surface area contributed by atoms with E-state index in [2.05, 4.69) is 10.2 Å². The Labute approximate surface area is 71.2 Å². The zero-order chi connectivity index (χ0) is 8.97. The van der Waals surface area contributed by atoms with Gasteiger partial charge in [-0.05, 0) is 32.7 Å². The largest absolute Gasteiger partial charge is 0.317 e. The van der Waals surface area contributed by atoms with Crippen molar-refractivity contribution in [3.63, 3.8) is 0 Å². The fourth-order valence-electron chi connectivity index (χ4n) is 1.58. The van der Waals surface area contributed by atoms with Crippen LogP contribution in [0.1, 0.15) is 25.7 Å². The summed E-state index contributed by atoms with van der Waals surface area (Å²) in [6.07, 6.45) is 3.33. The predicted molar refractivity (Wildman–Crippen MR) is 43.2 cm³/mol. The minimum absolute atomic E-state index is 0.176. The highest BCUT2D eigenvalue weighted by atomic mass is 17.0. The molecule has 0 radical (unpaired) electrons. The van der Waals surface area contributed by atoms with Gasteiger partial charge in [0.15, 0.2) is 0 Å². The van der Waals surface area contributed by atoms with Crippen LogP contribution < -0.4 is 5.32 Å². The molecule has 1 N–H and O–H groups in total. The lowest BCUT2D eigenvalue weighted by atomic mass is 9.93. The Hall–Kier alpha value is -0.840. The predicted octanol–water partition coefficient (Wildman–Crippen LogP) is 0.725. The van der Waals surface area contributed by atoms with Gasteiger partial charge in [0.1, 0.15) is 6.10 Å². The molecule has 70 valence electrons. The minimum Gasteiger partial charge on any atom is -0.317 e. The Morgan fingerprint density at radius 2 is 2.00 bits per heavy atom. The second kappa shape index (κ2) is 4.25. The van der Waals surface area contributed by atoms with Gasteiger partial charge in [0.05, 0.1) is 0 Å². The van der Waals surface area contributed by atoms with E-state index in [-0.39, 0.29) is 6.10 Å². The summed E-state index contributed by atoms with van der Waals surface area (Å²) in [4.78, 5) is 14.5. The maximum Gasteiger partial charge on any atom is 0.294 e. The third-order valence-electron chi connectivity index (χ3n) is 2.32. The summed E-state index contributed by atoms with van der Waals surface area (Å²) in [7, 11) is 1.92. The molecule has 0 unspecified atom stereocenters. The first-order chi connectivity index (χ1) is 5.72. The molecular formula is C7H14N2O3. The van der Waals surface area contributed by atoms with E-state index in [0.717, 1.165) is 25.7 Å². The van der Waals surface area contributed by atoms with Crippen LogP contribution >= 0.6 is 0 Å². The number of hydrogen-bond acceptors (Lipinski definition) is 4. The quantitative estimate of drug-likeness (QED) is 0.506. The van der Waals surface area contributed by atoms with Gasteiger partial charge in [0.25, 0.3) is 5.09 Å². The number of nitrogens with one attached hydrogen (secondary N) is 1. The lowest BCUT2D eigenvalue weighted by Crippen LogP contribution is -2.33. The molecule has 0 amide bonds. The van der Waals surface area contributed by atoms with Crippen molar-refractivity contribution < 1.29 is 9.92 Å². The third kappa shape index (κ3) is 2.65. The van der Waals surface area contributed by atoms with Gasteiger partial charge < -0.3 is 10.2 Å². The molecule has 1 saturated carbocycles. The van der Waals surface area contributed by atoms with Crippen LogP contribution in [-0.4, -0.2) is 24.3 Å². The molecule has 0 atom stereocenters. The molecule has 1 fully saturated rings. The molecule has 1 aliphatic rings. The van der Waals surface area contributed by atoms with E-state index < -0.39 is 5.09 Å². The molecule has 1 rings (SSSR count). The second-order valence-electron chi connectivity index (χ2n) is 3.09. The van der Waals surface area contributed by atoms with Gasteiger partial charge in [-0.3, -0.25) is 0 Å². The van der Waals surface area contributed by atoms with Crippen molar-refractivity contribution in [2.75, 3.05) is 7.05 Å². The van der Waals surface area contributed by atoms with Crippen molar-refractivity contribution in [3.8, 4) is 0 Å². The van der Waals surface area contributed by atoms with Crippen molar-refractivity contribution in [2.45, 2.75) is 37.8 Å². The average molecular weight is 174 g/mol. The highest BCUT2D eigenvalue weighted by Crippen LogP contribution is 2.20. The van der Waals surface area contributed by atoms with Gasteiger partial charge in [-0.15, -0.1) is 10.1 Å². The van der Waals surface area contributed by atoms with E-state index >= 15 is 0 Å². The summed E-state index contributed by atoms with van der Waals surface area (Å²) in [5.74, 6) is 0. The Balaban J connectivity index is 2.21. The van der Waals surface area contributed by atoms with Crippen LogP contribution in [-0.2, 0) is 4.84 Å². The first-order valence-corrected chi connectivity index (χ1v) is 4.21. The van der Waals surface area contributed by atoms with Crippen molar-refractivity contribution in [1.29, 1.82) is 0 Å². The van der Waals surface area contributed by atoms with Crippen LogP contribution in [0, 0.1) is 10.1 Å². The van der Waals surface area contributed by atoms with E-state index in [0.29, 0.717) is 6.04 Å². The Morgan fingerprint density at radius 1 is 1.42 bits per heavy atom. The number of nitrogens with zero attached hydrogens (tertiary/aromatic N) is 1. The van der Waals surface area contributed by atoms with Crippen LogP contribution in [0.3, 0.4) is 0 Å². The van der Waals surface area contributed by atoms with Gasteiger partial charge in [-0.2, -0.15) is 0 Å². The van der Waals surface area contributed by atoms with Gasteiger partial charge >= 0.3 is 0 Å². The number of hydrogen-bond donors (Lipinski definition) is 1. The molecule has 5 nitrogen and oxygen atoms in total. The Bertz CT molecular complexity index is 155. The molecule has 0 aromatic carbocycles. The fourth-order valence-corrected chi connectivity index (χ4v) is 1.58. The maximum absolute atomic E-state index is 9.99. The van der Waals surface area contributed by atoms with Crippen molar-refractivity contribution in [2.24, 2.45) is 0 Å². The molecule has 1 aliphatic carbocycles. The van der Waals surface area contributed by atoms with Crippen molar-refractivity contribution in [1.82, 2.24) is 5.32 Å². The van der Waals surface area contributed by atoms with E-state index in [1.165, 1.54) is 0 Å². The highest BCUT2D eigenvalue weighted by Gasteiger charge is 2.22. The number of rotatable bonds is 3. The molecule has 12 heavy (non-hydrogen) atoms. The lowest BCUT2D eigenvalue weighted by Gasteiger charge is -2.26. The maximum atomic E-state index is 9.99. The SMILES string of the molecule is CNC1CCC(O[N+](=O)[O-])CC1. The summed E-state index contributed by atoms with van der Waals surface area (Å²) in [5, 5.41) is 12.4. The monoisotopic (exact) mass is 174 g/mol. The molecule has 0 aromatic heterocycles. The molecule has 0 aliphatic heterocycles. The highest BCUT2D eigenvalue weighted by molar-refractivity contribution is 4.75. The topological polar surface area (TPSA) is 64.4 Å². The van der Waals surface area contributed by atoms with Gasteiger partial charge in [0, 0.05) is 6.04 Å². The summed E-state index contributed by atoms with van der Waals surface area (Å²) in [5.41, 5.74) is 0. The normalized spacial score (nSPS) is 29.8. The zero-order valence-corrected chi connectivity index (χ0v) is 7.16. The Kier molecular flexibility index (Phi) is 3.28. The first kappa shape index (κ1) is 9.25. The van der Waals surface area contributed by atoms with Gasteiger partial charge in [-0.25, -0.2) is 0 Å². The molecular weight excluding hydrogens is 160 g/mol. The standard InChI is InChI=1S/C7H14N2O3/c1-8-6-2-4-7(5-3-6)12-9(10)11/h6-8H,2-5H2,1H3. The lowest BCUT2D eigenvalue weighted by molar-refractivity contribution is -0.769. The van der Waals surface area contributed by atoms with Crippen LogP contribution in [0.4, 0.5) is 0 Å². The summed E-state index contributed by atoms with van der Waals surface area (Å²) < 4.78 is 0. The van der Waals surface area contributed by atoms with Crippen molar-refractivity contribution >= 4 is 0 Å². The second-order valence-corrected chi connectivity index (χ2v) is 3.09.